The number of halogens is 1. The summed E-state index contributed by atoms with van der Waals surface area (Å²) < 4.78 is 15.3. The van der Waals surface area contributed by atoms with Crippen molar-refractivity contribution in [3.63, 3.8) is 0 Å². The van der Waals surface area contributed by atoms with Crippen molar-refractivity contribution in [1.29, 1.82) is 0 Å². The Morgan fingerprint density at radius 2 is 1.71 bits per heavy atom. The molecule has 0 atom stereocenters. The average molecular weight is 407 g/mol. The zero-order chi connectivity index (χ0) is 20.7. The van der Waals surface area contributed by atoms with E-state index in [1.54, 1.807) is 12.1 Å². The molecule has 0 aromatic heterocycles. The fourth-order valence-corrected chi connectivity index (χ4v) is 2.53. The lowest BCUT2D eigenvalue weighted by molar-refractivity contribution is -0.119. The second kappa shape index (κ2) is 9.61. The fraction of sp³-hybridized carbons (Fsp3) is 0.211. The van der Waals surface area contributed by atoms with Crippen LogP contribution in [0.4, 0.5) is 11.4 Å². The number of ether oxygens (including phenoxy) is 3. The third-order valence-electron chi connectivity index (χ3n) is 3.50. The minimum Gasteiger partial charge on any atom is -0.495 e. The molecule has 0 bridgehead atoms. The predicted octanol–water partition coefficient (Wildman–Crippen LogP) is 3.11. The molecular formula is C19H19ClN2O6. The zero-order valence-corrected chi connectivity index (χ0v) is 16.3. The molecule has 0 saturated heterocycles. The van der Waals surface area contributed by atoms with E-state index in [2.05, 4.69) is 10.6 Å². The molecule has 8 nitrogen and oxygen atoms in total. The molecule has 0 heterocycles. The first-order valence-corrected chi connectivity index (χ1v) is 8.48. The van der Waals surface area contributed by atoms with Gasteiger partial charge < -0.3 is 24.8 Å². The molecule has 0 radical (unpaired) electrons. The van der Waals surface area contributed by atoms with E-state index in [1.807, 2.05) is 0 Å². The number of anilines is 2. The van der Waals surface area contributed by atoms with Crippen LogP contribution < -0.4 is 20.1 Å². The van der Waals surface area contributed by atoms with Gasteiger partial charge in [0.15, 0.2) is 6.61 Å². The van der Waals surface area contributed by atoms with Gasteiger partial charge >= 0.3 is 5.97 Å². The largest absolute Gasteiger partial charge is 0.495 e. The Morgan fingerprint density at radius 1 is 1.00 bits per heavy atom. The molecule has 0 saturated carbocycles. The average Bonchev–Trinajstić information content (AvgIpc) is 2.66. The van der Waals surface area contributed by atoms with Gasteiger partial charge in [-0.25, -0.2) is 4.79 Å². The van der Waals surface area contributed by atoms with Crippen LogP contribution >= 0.6 is 11.6 Å². The van der Waals surface area contributed by atoms with Gasteiger partial charge in [-0.3, -0.25) is 9.59 Å². The molecule has 28 heavy (non-hydrogen) atoms. The third kappa shape index (κ3) is 5.62. The van der Waals surface area contributed by atoms with Gasteiger partial charge in [-0.15, -0.1) is 0 Å². The standard InChI is InChI=1S/C19H19ClN2O6/c1-11(23)21-13-6-4-5-12(7-13)19(25)28-10-18(24)22-15-8-14(20)16(26-2)9-17(15)27-3/h4-9H,10H2,1-3H3,(H,21,23)(H,22,24). The number of esters is 1. The Hall–Kier alpha value is -3.26. The number of methoxy groups -OCH3 is 2. The smallest absolute Gasteiger partial charge is 0.338 e. The summed E-state index contributed by atoms with van der Waals surface area (Å²) >= 11 is 6.05. The minimum absolute atomic E-state index is 0.198. The summed E-state index contributed by atoms with van der Waals surface area (Å²) in [7, 11) is 2.89. The number of carbonyl (C=O) groups is 3. The molecule has 0 fully saturated rings. The lowest BCUT2D eigenvalue weighted by Crippen LogP contribution is -2.21. The molecule has 0 aliphatic carbocycles. The highest BCUT2D eigenvalue weighted by molar-refractivity contribution is 6.32. The van der Waals surface area contributed by atoms with Crippen LogP contribution in [0.2, 0.25) is 5.02 Å². The second-order valence-corrected chi connectivity index (χ2v) is 5.98. The Kier molecular flexibility index (Phi) is 7.22. The summed E-state index contributed by atoms with van der Waals surface area (Å²) in [6.07, 6.45) is 0. The van der Waals surface area contributed by atoms with Crippen molar-refractivity contribution in [2.24, 2.45) is 0 Å². The Balaban J connectivity index is 2.00. The first-order chi connectivity index (χ1) is 13.3. The van der Waals surface area contributed by atoms with E-state index in [0.717, 1.165) is 0 Å². The summed E-state index contributed by atoms with van der Waals surface area (Å²) in [6.45, 7) is 0.838. The van der Waals surface area contributed by atoms with Gasteiger partial charge in [0, 0.05) is 18.7 Å². The molecule has 0 aliphatic rings. The summed E-state index contributed by atoms with van der Waals surface area (Å²) in [6, 6.07) is 9.18. The van der Waals surface area contributed by atoms with Crippen LogP contribution in [0.3, 0.4) is 0 Å². The molecule has 0 aliphatic heterocycles. The molecule has 0 unspecified atom stereocenters. The number of hydrogen-bond acceptors (Lipinski definition) is 6. The van der Waals surface area contributed by atoms with Crippen LogP contribution in [0, 0.1) is 0 Å². The van der Waals surface area contributed by atoms with E-state index in [9.17, 15) is 14.4 Å². The lowest BCUT2D eigenvalue weighted by atomic mass is 10.2. The van der Waals surface area contributed by atoms with Gasteiger partial charge in [-0.05, 0) is 24.3 Å². The van der Waals surface area contributed by atoms with Crippen LogP contribution in [0.1, 0.15) is 17.3 Å². The monoisotopic (exact) mass is 406 g/mol. The number of hydrogen-bond donors (Lipinski definition) is 2. The van der Waals surface area contributed by atoms with Crippen molar-refractivity contribution in [2.45, 2.75) is 6.92 Å². The molecule has 0 spiro atoms. The second-order valence-electron chi connectivity index (χ2n) is 5.57. The molecular weight excluding hydrogens is 388 g/mol. The summed E-state index contributed by atoms with van der Waals surface area (Å²) in [5.41, 5.74) is 0.954. The maximum Gasteiger partial charge on any atom is 0.338 e. The normalized spacial score (nSPS) is 10.0. The number of carbonyl (C=O) groups excluding carboxylic acids is 3. The van der Waals surface area contributed by atoms with Crippen molar-refractivity contribution in [1.82, 2.24) is 0 Å². The molecule has 9 heteroatoms. The zero-order valence-electron chi connectivity index (χ0n) is 15.5. The van der Waals surface area contributed by atoms with E-state index < -0.39 is 18.5 Å². The van der Waals surface area contributed by atoms with Crippen molar-refractivity contribution >= 4 is 40.8 Å². The molecule has 2 N–H and O–H groups in total. The van der Waals surface area contributed by atoms with Crippen molar-refractivity contribution in [3.8, 4) is 11.5 Å². The summed E-state index contributed by atoms with van der Waals surface area (Å²) in [5.74, 6) is -0.823. The molecule has 148 valence electrons. The molecule has 2 rings (SSSR count). The van der Waals surface area contributed by atoms with Crippen LogP contribution in [-0.2, 0) is 14.3 Å². The van der Waals surface area contributed by atoms with Crippen LogP contribution in [0.15, 0.2) is 36.4 Å². The first kappa shape index (κ1) is 21.0. The Labute approximate surface area is 166 Å². The van der Waals surface area contributed by atoms with E-state index in [1.165, 1.54) is 45.4 Å². The molecule has 2 aromatic rings. The van der Waals surface area contributed by atoms with Crippen LogP contribution in [0.5, 0.6) is 11.5 Å². The van der Waals surface area contributed by atoms with E-state index in [-0.39, 0.29) is 16.5 Å². The summed E-state index contributed by atoms with van der Waals surface area (Å²) in [5, 5.41) is 5.40. The van der Waals surface area contributed by atoms with Crippen molar-refractivity contribution in [2.75, 3.05) is 31.5 Å². The number of benzene rings is 2. The highest BCUT2D eigenvalue weighted by atomic mass is 35.5. The number of nitrogens with one attached hydrogen (secondary N) is 2. The first-order valence-electron chi connectivity index (χ1n) is 8.10. The quantitative estimate of drug-likeness (QED) is 0.685. The van der Waals surface area contributed by atoms with E-state index in [4.69, 9.17) is 25.8 Å². The van der Waals surface area contributed by atoms with Gasteiger partial charge in [0.2, 0.25) is 5.91 Å². The van der Waals surface area contributed by atoms with E-state index in [0.29, 0.717) is 22.9 Å². The highest BCUT2D eigenvalue weighted by Gasteiger charge is 2.15. The summed E-state index contributed by atoms with van der Waals surface area (Å²) in [4.78, 5) is 35.3. The van der Waals surface area contributed by atoms with Gasteiger partial charge in [-0.1, -0.05) is 17.7 Å². The maximum absolute atomic E-state index is 12.1. The highest BCUT2D eigenvalue weighted by Crippen LogP contribution is 2.35. The molecule has 2 aromatic carbocycles. The SMILES string of the molecule is COc1cc(OC)c(NC(=O)COC(=O)c2cccc(NC(C)=O)c2)cc1Cl. The predicted molar refractivity (Wildman–Crippen MR) is 104 cm³/mol. The fourth-order valence-electron chi connectivity index (χ4n) is 2.29. The van der Waals surface area contributed by atoms with Gasteiger partial charge in [0.05, 0.1) is 30.5 Å². The third-order valence-corrected chi connectivity index (χ3v) is 3.80. The topological polar surface area (TPSA) is 103 Å². The lowest BCUT2D eigenvalue weighted by Gasteiger charge is -2.13. The maximum atomic E-state index is 12.1. The Bertz CT molecular complexity index is 900. The van der Waals surface area contributed by atoms with Crippen molar-refractivity contribution < 1.29 is 28.6 Å². The van der Waals surface area contributed by atoms with E-state index >= 15 is 0 Å². The van der Waals surface area contributed by atoms with Gasteiger partial charge in [-0.2, -0.15) is 0 Å². The number of amides is 2. The van der Waals surface area contributed by atoms with Crippen LogP contribution in [-0.4, -0.2) is 38.6 Å². The Morgan fingerprint density at radius 3 is 2.36 bits per heavy atom. The minimum atomic E-state index is -0.706. The number of rotatable bonds is 7. The van der Waals surface area contributed by atoms with Crippen molar-refractivity contribution in [3.05, 3.63) is 47.0 Å². The molecule has 2 amide bonds. The van der Waals surface area contributed by atoms with Crippen LogP contribution in [0.25, 0.3) is 0 Å². The van der Waals surface area contributed by atoms with Gasteiger partial charge in [0.1, 0.15) is 11.5 Å². The van der Waals surface area contributed by atoms with Gasteiger partial charge in [0.25, 0.3) is 5.91 Å².